The van der Waals surface area contributed by atoms with E-state index in [4.69, 9.17) is 9.47 Å². The summed E-state index contributed by atoms with van der Waals surface area (Å²) in [5, 5.41) is 14.2. The van der Waals surface area contributed by atoms with Crippen molar-refractivity contribution in [2.45, 2.75) is 19.4 Å². The molecule has 0 saturated carbocycles. The zero-order chi connectivity index (χ0) is 16.9. The maximum atomic E-state index is 10.8. The van der Waals surface area contributed by atoms with E-state index in [-0.39, 0.29) is 5.69 Å². The summed E-state index contributed by atoms with van der Waals surface area (Å²) in [5.41, 5.74) is 0.805. The Morgan fingerprint density at radius 1 is 1.42 bits per heavy atom. The Kier molecular flexibility index (Phi) is 5.60. The van der Waals surface area contributed by atoms with Gasteiger partial charge in [0.15, 0.2) is 0 Å². The number of hydrogen-bond acceptors (Lipinski definition) is 7. The highest BCUT2D eigenvalue weighted by atomic mass is 16.6. The minimum Gasteiger partial charge on any atom is -0.381 e. The van der Waals surface area contributed by atoms with Crippen molar-refractivity contribution in [2.75, 3.05) is 51.4 Å². The molecule has 8 nitrogen and oxygen atoms in total. The monoisotopic (exact) mass is 336 g/mol. The van der Waals surface area contributed by atoms with Crippen molar-refractivity contribution >= 4 is 11.5 Å². The third-order valence-corrected chi connectivity index (χ3v) is 4.78. The van der Waals surface area contributed by atoms with Gasteiger partial charge in [-0.2, -0.15) is 0 Å². The van der Waals surface area contributed by atoms with Crippen LogP contribution in [0.25, 0.3) is 0 Å². The number of morpholine rings is 1. The summed E-state index contributed by atoms with van der Waals surface area (Å²) in [6.07, 6.45) is 2.37. The highest BCUT2D eigenvalue weighted by molar-refractivity contribution is 5.48. The van der Waals surface area contributed by atoms with Gasteiger partial charge in [-0.3, -0.25) is 15.0 Å². The van der Waals surface area contributed by atoms with Gasteiger partial charge in [0, 0.05) is 44.3 Å². The van der Waals surface area contributed by atoms with E-state index in [1.165, 1.54) is 6.20 Å². The van der Waals surface area contributed by atoms with Gasteiger partial charge in [-0.1, -0.05) is 0 Å². The highest BCUT2D eigenvalue weighted by Crippen LogP contribution is 2.24. The van der Waals surface area contributed by atoms with Gasteiger partial charge in [-0.25, -0.2) is 4.98 Å². The lowest BCUT2D eigenvalue weighted by Crippen LogP contribution is -2.50. The molecule has 3 heterocycles. The summed E-state index contributed by atoms with van der Waals surface area (Å²) in [7, 11) is 0. The first-order valence-electron chi connectivity index (χ1n) is 8.39. The molecule has 0 spiro atoms. The van der Waals surface area contributed by atoms with Gasteiger partial charge < -0.3 is 14.8 Å². The lowest BCUT2D eigenvalue weighted by Gasteiger charge is -2.37. The zero-order valence-electron chi connectivity index (χ0n) is 13.9. The number of anilines is 1. The van der Waals surface area contributed by atoms with Crippen LogP contribution in [0.5, 0.6) is 0 Å². The van der Waals surface area contributed by atoms with Crippen LogP contribution < -0.4 is 5.32 Å². The first-order valence-corrected chi connectivity index (χ1v) is 8.39. The third kappa shape index (κ3) is 4.00. The second-order valence-corrected chi connectivity index (χ2v) is 6.34. The Hall–Kier alpha value is -1.77. The van der Waals surface area contributed by atoms with Gasteiger partial charge in [-0.05, 0) is 18.9 Å². The molecule has 1 N–H and O–H groups in total. The smallest absolute Gasteiger partial charge is 0.287 e. The number of aryl methyl sites for hydroxylation is 1. The van der Waals surface area contributed by atoms with E-state index in [0.29, 0.717) is 17.8 Å². The van der Waals surface area contributed by atoms with Gasteiger partial charge in [-0.15, -0.1) is 0 Å². The zero-order valence-corrected chi connectivity index (χ0v) is 13.9. The number of ether oxygens (including phenoxy) is 2. The van der Waals surface area contributed by atoms with Crippen LogP contribution in [0.3, 0.4) is 0 Å². The topological polar surface area (TPSA) is 89.8 Å². The van der Waals surface area contributed by atoms with Crippen molar-refractivity contribution in [1.82, 2.24) is 9.88 Å². The van der Waals surface area contributed by atoms with Crippen LogP contribution in [-0.4, -0.2) is 66.9 Å². The number of aromatic nitrogens is 1. The Morgan fingerprint density at radius 2 is 2.21 bits per heavy atom. The van der Waals surface area contributed by atoms with Crippen LogP contribution >= 0.6 is 0 Å². The molecule has 0 unspecified atom stereocenters. The van der Waals surface area contributed by atoms with E-state index in [1.807, 2.05) is 6.92 Å². The van der Waals surface area contributed by atoms with Crippen LogP contribution in [0.15, 0.2) is 12.3 Å². The summed E-state index contributed by atoms with van der Waals surface area (Å²) in [6.45, 7) is 7.57. The molecule has 132 valence electrons. The molecule has 24 heavy (non-hydrogen) atoms. The van der Waals surface area contributed by atoms with Gasteiger partial charge in [0.25, 0.3) is 5.69 Å². The molecule has 1 aromatic heterocycles. The molecule has 0 aliphatic carbocycles. The molecule has 1 aromatic rings. The molecule has 2 fully saturated rings. The molecule has 0 amide bonds. The van der Waals surface area contributed by atoms with Crippen LogP contribution in [0, 0.1) is 23.0 Å². The van der Waals surface area contributed by atoms with E-state index in [2.05, 4.69) is 15.2 Å². The van der Waals surface area contributed by atoms with Gasteiger partial charge >= 0.3 is 0 Å². The van der Waals surface area contributed by atoms with E-state index >= 15 is 0 Å². The summed E-state index contributed by atoms with van der Waals surface area (Å²) in [5.74, 6) is 1.20. The first kappa shape index (κ1) is 17.1. The minimum absolute atomic E-state index is 0.0203. The van der Waals surface area contributed by atoms with Crippen LogP contribution in [0.4, 0.5) is 11.5 Å². The van der Waals surface area contributed by atoms with E-state index in [0.717, 1.165) is 58.0 Å². The second-order valence-electron chi connectivity index (χ2n) is 6.34. The average molecular weight is 336 g/mol. The van der Waals surface area contributed by atoms with Crippen molar-refractivity contribution in [3.8, 4) is 0 Å². The van der Waals surface area contributed by atoms with Gasteiger partial charge in [0.05, 0.1) is 24.7 Å². The lowest BCUT2D eigenvalue weighted by atomic mass is 9.97. The van der Waals surface area contributed by atoms with E-state index in [1.54, 1.807) is 6.07 Å². The number of nitrogens with zero attached hydrogens (tertiary/aromatic N) is 3. The van der Waals surface area contributed by atoms with Crippen molar-refractivity contribution in [2.24, 2.45) is 5.92 Å². The molecule has 0 bridgehead atoms. The summed E-state index contributed by atoms with van der Waals surface area (Å²) in [6, 6.07) is 1.91. The first-order chi connectivity index (χ1) is 11.6. The maximum absolute atomic E-state index is 10.8. The number of hydrogen-bond donors (Lipinski definition) is 1. The van der Waals surface area contributed by atoms with Crippen molar-refractivity contribution < 1.29 is 14.4 Å². The van der Waals surface area contributed by atoms with Crippen LogP contribution in [0.2, 0.25) is 0 Å². The minimum atomic E-state index is -0.420. The largest absolute Gasteiger partial charge is 0.381 e. The van der Waals surface area contributed by atoms with Gasteiger partial charge in [0.2, 0.25) is 0 Å². The fraction of sp³-hybridized carbons (Fsp3) is 0.688. The van der Waals surface area contributed by atoms with E-state index in [9.17, 15) is 10.1 Å². The number of rotatable bonds is 6. The number of nitrogens with one attached hydrogen (secondary N) is 1. The molecule has 8 heteroatoms. The Morgan fingerprint density at radius 3 is 2.83 bits per heavy atom. The summed E-state index contributed by atoms with van der Waals surface area (Å²) < 4.78 is 11.0. The lowest BCUT2D eigenvalue weighted by molar-refractivity contribution is -0.385. The fourth-order valence-electron chi connectivity index (χ4n) is 3.41. The predicted octanol–water partition coefficient (Wildman–Crippen LogP) is 1.45. The van der Waals surface area contributed by atoms with Crippen molar-refractivity contribution in [3.05, 3.63) is 27.9 Å². The molecular formula is C16H24N4O4. The Balaban J connectivity index is 1.67. The fourth-order valence-corrected chi connectivity index (χ4v) is 3.41. The maximum Gasteiger partial charge on any atom is 0.287 e. The summed E-state index contributed by atoms with van der Waals surface area (Å²) >= 11 is 0. The highest BCUT2D eigenvalue weighted by Gasteiger charge is 2.31. The van der Waals surface area contributed by atoms with Crippen LogP contribution in [0.1, 0.15) is 12.0 Å². The molecule has 2 aliphatic heterocycles. The standard InChI is InChI=1S/C16H24N4O4/c1-12-8-14(20(21)22)9-17-16(12)18-10-15(13-2-5-24-11-13)19-3-6-23-7-4-19/h8-9,13,15H,2-7,10-11H2,1H3,(H,17,18)/t13-,15-/m0/s1. The molecular weight excluding hydrogens is 312 g/mol. The van der Waals surface area contributed by atoms with Crippen molar-refractivity contribution in [1.29, 1.82) is 0 Å². The Bertz CT molecular complexity index is 571. The number of pyridine rings is 1. The Labute approximate surface area is 141 Å². The molecule has 2 saturated heterocycles. The quantitative estimate of drug-likeness (QED) is 0.621. The molecule has 0 radical (unpaired) electrons. The molecule has 3 rings (SSSR count). The van der Waals surface area contributed by atoms with E-state index < -0.39 is 4.92 Å². The van der Waals surface area contributed by atoms with Gasteiger partial charge in [0.1, 0.15) is 12.0 Å². The summed E-state index contributed by atoms with van der Waals surface area (Å²) in [4.78, 5) is 17.1. The van der Waals surface area contributed by atoms with Crippen LogP contribution in [-0.2, 0) is 9.47 Å². The average Bonchev–Trinajstić information content (AvgIpc) is 3.11. The molecule has 2 aliphatic rings. The second kappa shape index (κ2) is 7.87. The number of nitro groups is 1. The predicted molar refractivity (Wildman–Crippen MR) is 89.2 cm³/mol. The third-order valence-electron chi connectivity index (χ3n) is 4.78. The normalized spacial score (nSPS) is 23.1. The van der Waals surface area contributed by atoms with Crippen molar-refractivity contribution in [3.63, 3.8) is 0 Å². The molecule has 2 atom stereocenters. The SMILES string of the molecule is Cc1cc([N+](=O)[O-])cnc1NC[C@@H]([C@H]1CCOC1)N1CCOCC1. The molecule has 0 aromatic carbocycles.